The van der Waals surface area contributed by atoms with Gasteiger partial charge in [-0.05, 0) is 29.3 Å². The van der Waals surface area contributed by atoms with E-state index in [0.29, 0.717) is 6.42 Å². The summed E-state index contributed by atoms with van der Waals surface area (Å²) in [7, 11) is 0. The third-order valence-electron chi connectivity index (χ3n) is 4.38. The van der Waals surface area contributed by atoms with Crippen molar-refractivity contribution < 1.29 is 4.79 Å². The van der Waals surface area contributed by atoms with Crippen molar-refractivity contribution in [1.82, 2.24) is 9.88 Å². The maximum atomic E-state index is 12.9. The zero-order valence-electron chi connectivity index (χ0n) is 13.0. The van der Waals surface area contributed by atoms with E-state index >= 15 is 0 Å². The number of para-hydroxylation sites is 1. The third-order valence-corrected chi connectivity index (χ3v) is 5.90. The van der Waals surface area contributed by atoms with E-state index in [2.05, 4.69) is 11.1 Å². The van der Waals surface area contributed by atoms with E-state index in [9.17, 15) is 4.79 Å². The van der Waals surface area contributed by atoms with Crippen molar-refractivity contribution in [2.45, 2.75) is 11.8 Å². The number of thioether (sulfide) groups is 1. The van der Waals surface area contributed by atoms with E-state index in [1.807, 2.05) is 65.3 Å². The molecule has 0 aliphatic carbocycles. The smallest absolute Gasteiger partial charge is 0.228 e. The Hall–Kier alpha value is -1.91. The molecule has 1 fully saturated rings. The summed E-state index contributed by atoms with van der Waals surface area (Å²) in [6, 6.07) is 15.9. The van der Waals surface area contributed by atoms with Gasteiger partial charge in [0.1, 0.15) is 5.37 Å². The minimum atomic E-state index is 0.0833. The Balaban J connectivity index is 1.56. The maximum absolute atomic E-state index is 12.9. The molecule has 1 aromatic heterocycles. The summed E-state index contributed by atoms with van der Waals surface area (Å²) < 4.78 is 0. The molecular weight excluding hydrogens is 340 g/mol. The van der Waals surface area contributed by atoms with E-state index in [1.165, 1.54) is 0 Å². The van der Waals surface area contributed by atoms with Crippen LogP contribution in [0.2, 0.25) is 5.02 Å². The monoisotopic (exact) mass is 356 g/mol. The molecule has 3 aromatic rings. The van der Waals surface area contributed by atoms with Gasteiger partial charge >= 0.3 is 0 Å². The summed E-state index contributed by atoms with van der Waals surface area (Å²) in [4.78, 5) is 18.1. The van der Waals surface area contributed by atoms with Crippen LogP contribution in [0.15, 0.2) is 54.7 Å². The Morgan fingerprint density at radius 2 is 2.00 bits per heavy atom. The van der Waals surface area contributed by atoms with Gasteiger partial charge in [-0.15, -0.1) is 11.8 Å². The molecule has 1 N–H and O–H groups in total. The molecule has 5 heteroatoms. The number of carbonyl (C=O) groups excluding carboxylic acids is 1. The standard InChI is InChI=1S/C19H17ClN2OS/c20-15-7-5-13(6-8-15)19-22(9-10-24-19)18(23)11-14-12-21-17-4-2-1-3-16(14)17/h1-8,12,19,21H,9-11H2. The van der Waals surface area contributed by atoms with E-state index < -0.39 is 0 Å². The van der Waals surface area contributed by atoms with Crippen molar-refractivity contribution in [3.05, 3.63) is 70.9 Å². The minimum Gasteiger partial charge on any atom is -0.361 e. The SMILES string of the molecule is O=C(Cc1c[nH]c2ccccc12)N1CCSC1c1ccc(Cl)cc1. The molecule has 24 heavy (non-hydrogen) atoms. The Morgan fingerprint density at radius 1 is 1.21 bits per heavy atom. The van der Waals surface area contributed by atoms with Crippen LogP contribution >= 0.6 is 23.4 Å². The van der Waals surface area contributed by atoms with E-state index in [0.717, 1.165) is 39.4 Å². The van der Waals surface area contributed by atoms with Crippen LogP contribution < -0.4 is 0 Å². The van der Waals surface area contributed by atoms with Gasteiger partial charge in [-0.25, -0.2) is 0 Å². The molecule has 122 valence electrons. The fourth-order valence-corrected chi connectivity index (χ4v) is 4.58. The lowest BCUT2D eigenvalue weighted by Gasteiger charge is -2.24. The van der Waals surface area contributed by atoms with Crippen molar-refractivity contribution in [1.29, 1.82) is 0 Å². The largest absolute Gasteiger partial charge is 0.361 e. The van der Waals surface area contributed by atoms with Crippen LogP contribution in [-0.4, -0.2) is 28.1 Å². The fraction of sp³-hybridized carbons (Fsp3) is 0.211. The number of halogens is 1. The summed E-state index contributed by atoms with van der Waals surface area (Å²) in [5, 5.41) is 1.93. The Kier molecular flexibility index (Phi) is 4.25. The first-order chi connectivity index (χ1) is 11.7. The molecule has 1 aliphatic heterocycles. The van der Waals surface area contributed by atoms with Gasteiger partial charge in [-0.3, -0.25) is 4.79 Å². The molecule has 0 bridgehead atoms. The molecule has 0 saturated carbocycles. The molecule has 3 nitrogen and oxygen atoms in total. The number of amides is 1. The lowest BCUT2D eigenvalue weighted by Crippen LogP contribution is -2.31. The van der Waals surface area contributed by atoms with Crippen LogP contribution in [0.3, 0.4) is 0 Å². The molecule has 2 heterocycles. The van der Waals surface area contributed by atoms with Crippen molar-refractivity contribution in [2.75, 3.05) is 12.3 Å². The predicted molar refractivity (Wildman–Crippen MR) is 100 cm³/mol. The van der Waals surface area contributed by atoms with E-state index in [4.69, 9.17) is 11.6 Å². The number of hydrogen-bond acceptors (Lipinski definition) is 2. The molecule has 1 saturated heterocycles. The second-order valence-corrected chi connectivity index (χ2v) is 7.52. The van der Waals surface area contributed by atoms with E-state index in [1.54, 1.807) is 0 Å². The number of aromatic nitrogens is 1. The van der Waals surface area contributed by atoms with Crippen molar-refractivity contribution in [3.8, 4) is 0 Å². The van der Waals surface area contributed by atoms with Gasteiger partial charge in [0.15, 0.2) is 0 Å². The molecular formula is C19H17ClN2OS. The quantitative estimate of drug-likeness (QED) is 0.742. The average Bonchev–Trinajstić information content (AvgIpc) is 3.23. The highest BCUT2D eigenvalue weighted by molar-refractivity contribution is 7.99. The van der Waals surface area contributed by atoms with Gasteiger partial charge < -0.3 is 9.88 Å². The Morgan fingerprint density at radius 3 is 2.83 bits per heavy atom. The lowest BCUT2D eigenvalue weighted by molar-refractivity contribution is -0.130. The number of hydrogen-bond donors (Lipinski definition) is 1. The predicted octanol–water partition coefficient (Wildman–Crippen LogP) is 4.64. The first-order valence-electron chi connectivity index (χ1n) is 7.94. The molecule has 0 radical (unpaired) electrons. The number of fused-ring (bicyclic) bond motifs is 1. The van der Waals surface area contributed by atoms with Gasteiger partial charge in [0.25, 0.3) is 0 Å². The first-order valence-corrected chi connectivity index (χ1v) is 9.36. The Bertz CT molecular complexity index is 874. The van der Waals surface area contributed by atoms with E-state index in [-0.39, 0.29) is 11.3 Å². The third kappa shape index (κ3) is 2.92. The molecule has 1 aliphatic rings. The highest BCUT2D eigenvalue weighted by Gasteiger charge is 2.30. The van der Waals surface area contributed by atoms with Crippen molar-refractivity contribution >= 4 is 40.2 Å². The topological polar surface area (TPSA) is 36.1 Å². The van der Waals surface area contributed by atoms with Crippen LogP contribution in [0.5, 0.6) is 0 Å². The van der Waals surface area contributed by atoms with Gasteiger partial charge in [-0.1, -0.05) is 41.9 Å². The summed E-state index contributed by atoms with van der Waals surface area (Å²) in [6.07, 6.45) is 2.37. The number of nitrogens with zero attached hydrogens (tertiary/aromatic N) is 1. The minimum absolute atomic E-state index is 0.0833. The van der Waals surface area contributed by atoms with Crippen molar-refractivity contribution in [2.24, 2.45) is 0 Å². The lowest BCUT2D eigenvalue weighted by atomic mass is 10.1. The van der Waals surface area contributed by atoms with Crippen LogP contribution in [0.1, 0.15) is 16.5 Å². The van der Waals surface area contributed by atoms with Crippen LogP contribution in [0, 0.1) is 0 Å². The average molecular weight is 357 g/mol. The number of nitrogens with one attached hydrogen (secondary N) is 1. The summed E-state index contributed by atoms with van der Waals surface area (Å²) in [5.74, 6) is 1.14. The van der Waals surface area contributed by atoms with Gasteiger partial charge in [0.05, 0.1) is 6.42 Å². The zero-order valence-corrected chi connectivity index (χ0v) is 14.6. The second kappa shape index (κ2) is 6.54. The highest BCUT2D eigenvalue weighted by Crippen LogP contribution is 2.38. The molecule has 1 unspecified atom stereocenters. The fourth-order valence-electron chi connectivity index (χ4n) is 3.17. The first kappa shape index (κ1) is 15.6. The zero-order chi connectivity index (χ0) is 16.5. The van der Waals surface area contributed by atoms with Gasteiger partial charge in [-0.2, -0.15) is 0 Å². The normalized spacial score (nSPS) is 17.5. The number of aromatic amines is 1. The number of rotatable bonds is 3. The number of H-pyrrole nitrogens is 1. The second-order valence-electron chi connectivity index (χ2n) is 5.90. The highest BCUT2D eigenvalue weighted by atomic mass is 35.5. The van der Waals surface area contributed by atoms with Gasteiger partial charge in [0.2, 0.25) is 5.91 Å². The summed E-state index contributed by atoms with van der Waals surface area (Å²) in [6.45, 7) is 0.791. The summed E-state index contributed by atoms with van der Waals surface area (Å²) >= 11 is 7.78. The molecule has 0 spiro atoms. The van der Waals surface area contributed by atoms with Gasteiger partial charge in [0, 0.05) is 34.4 Å². The Labute approximate surface area is 150 Å². The van der Waals surface area contributed by atoms with Crippen molar-refractivity contribution in [3.63, 3.8) is 0 Å². The number of benzene rings is 2. The molecule has 2 aromatic carbocycles. The maximum Gasteiger partial charge on any atom is 0.228 e. The molecule has 1 atom stereocenters. The molecule has 1 amide bonds. The molecule has 4 rings (SSSR count). The summed E-state index contributed by atoms with van der Waals surface area (Å²) in [5.41, 5.74) is 3.27. The van der Waals surface area contributed by atoms with Crippen LogP contribution in [-0.2, 0) is 11.2 Å². The number of carbonyl (C=O) groups is 1. The van der Waals surface area contributed by atoms with Crippen LogP contribution in [0.4, 0.5) is 0 Å². The van der Waals surface area contributed by atoms with Crippen LogP contribution in [0.25, 0.3) is 10.9 Å².